The van der Waals surface area contributed by atoms with Crippen LogP contribution in [0, 0.1) is 0 Å². The molecule has 2 fully saturated rings. The summed E-state index contributed by atoms with van der Waals surface area (Å²) < 4.78 is 0. The number of aromatic nitrogens is 2. The standard InChI is InChI=1S/C14H17N3S/c1-2-4-13-12(3-1)16-14(17-13)18-11-7-9-5-6-10(8-11)15-9/h1-4,9-11,15H,5-8H2,(H,16,17)/t9-,10+,11?. The molecule has 4 rings (SSSR count). The van der Waals surface area contributed by atoms with Crippen LogP contribution < -0.4 is 5.32 Å². The van der Waals surface area contributed by atoms with E-state index in [4.69, 9.17) is 0 Å². The Kier molecular flexibility index (Phi) is 2.59. The Bertz CT molecular complexity index is 520. The van der Waals surface area contributed by atoms with Gasteiger partial charge in [0, 0.05) is 17.3 Å². The minimum atomic E-state index is 0.726. The highest BCUT2D eigenvalue weighted by molar-refractivity contribution is 7.99. The maximum Gasteiger partial charge on any atom is 0.166 e. The summed E-state index contributed by atoms with van der Waals surface area (Å²) in [5.74, 6) is 0. The van der Waals surface area contributed by atoms with Crippen molar-refractivity contribution in [3.63, 3.8) is 0 Å². The van der Waals surface area contributed by atoms with E-state index in [9.17, 15) is 0 Å². The van der Waals surface area contributed by atoms with Crippen molar-refractivity contribution < 1.29 is 0 Å². The Hall–Kier alpha value is -1.00. The summed E-state index contributed by atoms with van der Waals surface area (Å²) in [5, 5.41) is 5.50. The first-order valence-corrected chi connectivity index (χ1v) is 7.62. The largest absolute Gasteiger partial charge is 0.333 e. The van der Waals surface area contributed by atoms with E-state index in [2.05, 4.69) is 33.5 Å². The normalized spacial score (nSPS) is 31.0. The van der Waals surface area contributed by atoms with Crippen molar-refractivity contribution in [1.82, 2.24) is 15.3 Å². The molecular weight excluding hydrogens is 242 g/mol. The molecule has 2 aromatic rings. The van der Waals surface area contributed by atoms with Crippen molar-refractivity contribution in [3.05, 3.63) is 24.3 Å². The van der Waals surface area contributed by atoms with Crippen LogP contribution >= 0.6 is 11.8 Å². The van der Waals surface area contributed by atoms with E-state index in [0.29, 0.717) is 0 Å². The first-order chi connectivity index (χ1) is 8.87. The van der Waals surface area contributed by atoms with Crippen LogP contribution in [0.1, 0.15) is 25.7 Å². The fourth-order valence-corrected chi connectivity index (χ4v) is 4.54. The molecule has 0 spiro atoms. The molecule has 2 N–H and O–H groups in total. The lowest BCUT2D eigenvalue weighted by molar-refractivity contribution is 0.414. The number of hydrogen-bond donors (Lipinski definition) is 2. The fourth-order valence-electron chi connectivity index (χ4n) is 3.24. The summed E-state index contributed by atoms with van der Waals surface area (Å²) in [6, 6.07) is 9.78. The summed E-state index contributed by atoms with van der Waals surface area (Å²) in [4.78, 5) is 8.09. The summed E-state index contributed by atoms with van der Waals surface area (Å²) in [7, 11) is 0. The van der Waals surface area contributed by atoms with Crippen molar-refractivity contribution in [2.45, 2.75) is 48.2 Å². The second kappa shape index (κ2) is 4.28. The predicted molar refractivity (Wildman–Crippen MR) is 74.9 cm³/mol. The van der Waals surface area contributed by atoms with Gasteiger partial charge in [-0.1, -0.05) is 23.9 Å². The number of nitrogens with one attached hydrogen (secondary N) is 2. The molecule has 2 saturated heterocycles. The predicted octanol–water partition coefficient (Wildman–Crippen LogP) is 2.94. The lowest BCUT2D eigenvalue weighted by atomic mass is 10.1. The number of thioether (sulfide) groups is 1. The average Bonchev–Trinajstić information content (AvgIpc) is 2.92. The van der Waals surface area contributed by atoms with Crippen molar-refractivity contribution >= 4 is 22.8 Å². The summed E-state index contributed by atoms with van der Waals surface area (Å²) in [5.41, 5.74) is 2.23. The zero-order chi connectivity index (χ0) is 11.9. The lowest BCUT2D eigenvalue weighted by Gasteiger charge is -2.27. The first kappa shape index (κ1) is 10.9. The van der Waals surface area contributed by atoms with Crippen LogP contribution in [0.2, 0.25) is 0 Å². The van der Waals surface area contributed by atoms with Gasteiger partial charge in [0.2, 0.25) is 0 Å². The zero-order valence-electron chi connectivity index (χ0n) is 10.2. The van der Waals surface area contributed by atoms with Crippen LogP contribution in [0.3, 0.4) is 0 Å². The number of hydrogen-bond acceptors (Lipinski definition) is 3. The van der Waals surface area contributed by atoms with Crippen LogP contribution in [0.15, 0.2) is 29.4 Å². The number of para-hydroxylation sites is 2. The van der Waals surface area contributed by atoms with Crippen LogP contribution in [-0.2, 0) is 0 Å². The Morgan fingerprint density at radius 3 is 2.67 bits per heavy atom. The van der Waals surface area contributed by atoms with E-state index in [1.165, 1.54) is 25.7 Å². The van der Waals surface area contributed by atoms with E-state index < -0.39 is 0 Å². The van der Waals surface area contributed by atoms with Gasteiger partial charge in [-0.15, -0.1) is 0 Å². The molecule has 2 aliphatic rings. The molecule has 3 heterocycles. The Morgan fingerprint density at radius 2 is 1.89 bits per heavy atom. The smallest absolute Gasteiger partial charge is 0.166 e. The second-order valence-corrected chi connectivity index (χ2v) is 6.70. The lowest BCUT2D eigenvalue weighted by Crippen LogP contribution is -2.39. The van der Waals surface area contributed by atoms with E-state index in [1.54, 1.807) is 0 Å². The molecule has 3 nitrogen and oxygen atoms in total. The maximum atomic E-state index is 4.66. The van der Waals surface area contributed by atoms with E-state index in [1.807, 2.05) is 17.8 Å². The molecule has 1 aromatic heterocycles. The topological polar surface area (TPSA) is 40.7 Å². The summed E-state index contributed by atoms with van der Waals surface area (Å²) >= 11 is 1.93. The van der Waals surface area contributed by atoms with Crippen LogP contribution in [-0.4, -0.2) is 27.3 Å². The zero-order valence-corrected chi connectivity index (χ0v) is 11.0. The number of aromatic amines is 1. The van der Waals surface area contributed by atoms with Crippen molar-refractivity contribution in [2.75, 3.05) is 0 Å². The number of piperidine rings is 1. The van der Waals surface area contributed by atoms with Gasteiger partial charge in [0.15, 0.2) is 5.16 Å². The van der Waals surface area contributed by atoms with E-state index in [0.717, 1.165) is 33.5 Å². The molecule has 4 heteroatoms. The fraction of sp³-hybridized carbons (Fsp3) is 0.500. The first-order valence-electron chi connectivity index (χ1n) is 6.74. The molecule has 1 aromatic carbocycles. The Morgan fingerprint density at radius 1 is 1.11 bits per heavy atom. The van der Waals surface area contributed by atoms with Gasteiger partial charge in [0.25, 0.3) is 0 Å². The van der Waals surface area contributed by atoms with Gasteiger partial charge >= 0.3 is 0 Å². The Balaban J connectivity index is 1.54. The summed E-state index contributed by atoms with van der Waals surface area (Å²) in [6.07, 6.45) is 5.31. The number of rotatable bonds is 2. The van der Waals surface area contributed by atoms with E-state index in [-0.39, 0.29) is 0 Å². The molecule has 2 aliphatic heterocycles. The van der Waals surface area contributed by atoms with Gasteiger partial charge < -0.3 is 10.3 Å². The van der Waals surface area contributed by atoms with Gasteiger partial charge in [-0.25, -0.2) is 4.98 Å². The minimum absolute atomic E-state index is 0.726. The molecule has 0 radical (unpaired) electrons. The quantitative estimate of drug-likeness (QED) is 0.871. The number of nitrogens with zero attached hydrogens (tertiary/aromatic N) is 1. The number of fused-ring (bicyclic) bond motifs is 3. The molecule has 1 unspecified atom stereocenters. The van der Waals surface area contributed by atoms with Crippen LogP contribution in [0.5, 0.6) is 0 Å². The van der Waals surface area contributed by atoms with Crippen molar-refractivity contribution in [3.8, 4) is 0 Å². The highest BCUT2D eigenvalue weighted by Gasteiger charge is 2.34. The van der Waals surface area contributed by atoms with Gasteiger partial charge in [0.1, 0.15) is 0 Å². The second-order valence-electron chi connectivity index (χ2n) is 5.41. The highest BCUT2D eigenvalue weighted by atomic mass is 32.2. The molecule has 2 bridgehead atoms. The minimum Gasteiger partial charge on any atom is -0.333 e. The third kappa shape index (κ3) is 1.93. The third-order valence-corrected chi connectivity index (χ3v) is 5.21. The number of imidazole rings is 1. The van der Waals surface area contributed by atoms with Gasteiger partial charge in [-0.2, -0.15) is 0 Å². The SMILES string of the molecule is c1ccc2[nH]c(SC3C[C@H]4CC[C@@H](C3)N4)nc2c1. The molecule has 0 aliphatic carbocycles. The number of H-pyrrole nitrogens is 1. The monoisotopic (exact) mass is 259 g/mol. The van der Waals surface area contributed by atoms with Crippen LogP contribution in [0.25, 0.3) is 11.0 Å². The molecule has 0 amide bonds. The van der Waals surface area contributed by atoms with Gasteiger partial charge in [0.05, 0.1) is 11.0 Å². The molecule has 94 valence electrons. The average molecular weight is 259 g/mol. The van der Waals surface area contributed by atoms with Crippen molar-refractivity contribution in [2.24, 2.45) is 0 Å². The maximum absolute atomic E-state index is 4.66. The summed E-state index contributed by atoms with van der Waals surface area (Å²) in [6.45, 7) is 0. The molecule has 18 heavy (non-hydrogen) atoms. The molecule has 3 atom stereocenters. The van der Waals surface area contributed by atoms with Gasteiger partial charge in [-0.05, 0) is 37.8 Å². The highest BCUT2D eigenvalue weighted by Crippen LogP contribution is 2.36. The molecular formula is C14H17N3S. The molecule has 0 saturated carbocycles. The van der Waals surface area contributed by atoms with Crippen LogP contribution in [0.4, 0.5) is 0 Å². The van der Waals surface area contributed by atoms with E-state index >= 15 is 0 Å². The van der Waals surface area contributed by atoms with Gasteiger partial charge in [-0.3, -0.25) is 0 Å². The number of benzene rings is 1. The van der Waals surface area contributed by atoms with Crippen molar-refractivity contribution in [1.29, 1.82) is 0 Å². The third-order valence-electron chi connectivity index (χ3n) is 4.08. The Labute approximate surface area is 111 Å².